The lowest BCUT2D eigenvalue weighted by Crippen LogP contribution is -2.52. The van der Waals surface area contributed by atoms with Crippen LogP contribution >= 0.6 is 0 Å². The number of piperazine rings is 1. The molecular formula is C22H28N2O3. The van der Waals surface area contributed by atoms with Gasteiger partial charge in [-0.05, 0) is 49.2 Å². The van der Waals surface area contributed by atoms with E-state index in [0.717, 1.165) is 35.8 Å². The molecule has 1 atom stereocenters. The number of hydrogen-bond acceptors (Lipinski definition) is 4. The average Bonchev–Trinajstić information content (AvgIpc) is 2.73. The maximum absolute atomic E-state index is 12.9. The minimum Gasteiger partial charge on any atom is -0.497 e. The van der Waals surface area contributed by atoms with Gasteiger partial charge >= 0.3 is 0 Å². The minimum absolute atomic E-state index is 0.0788. The number of nitrogens with zero attached hydrogens (tertiary/aromatic N) is 2. The molecule has 0 radical (unpaired) electrons. The van der Waals surface area contributed by atoms with Gasteiger partial charge < -0.3 is 19.3 Å². The summed E-state index contributed by atoms with van der Waals surface area (Å²) in [6.07, 6.45) is 0.227. The lowest BCUT2D eigenvalue weighted by molar-refractivity contribution is -0.139. The van der Waals surface area contributed by atoms with Crippen LogP contribution in [0.1, 0.15) is 18.9 Å². The molecule has 0 saturated carbocycles. The summed E-state index contributed by atoms with van der Waals surface area (Å²) in [6.45, 7) is 7.04. The predicted molar refractivity (Wildman–Crippen MR) is 108 cm³/mol. The fraction of sp³-hybridized carbons (Fsp3) is 0.409. The van der Waals surface area contributed by atoms with Gasteiger partial charge in [0, 0.05) is 31.9 Å². The summed E-state index contributed by atoms with van der Waals surface area (Å²) < 4.78 is 11.2. The van der Waals surface area contributed by atoms with Crippen LogP contribution in [0.15, 0.2) is 48.5 Å². The van der Waals surface area contributed by atoms with Crippen LogP contribution in [0.25, 0.3) is 0 Å². The first-order valence-electron chi connectivity index (χ1n) is 9.52. The number of hydrogen-bond donors (Lipinski definition) is 0. The smallest absolute Gasteiger partial charge is 0.263 e. The van der Waals surface area contributed by atoms with Crippen molar-refractivity contribution in [3.05, 3.63) is 54.1 Å². The highest BCUT2D eigenvalue weighted by molar-refractivity contribution is 5.81. The van der Waals surface area contributed by atoms with Crippen LogP contribution in [0.5, 0.6) is 11.5 Å². The Morgan fingerprint density at radius 3 is 2.30 bits per heavy atom. The molecule has 1 aliphatic heterocycles. The Balaban J connectivity index is 1.58. The number of aryl methyl sites for hydroxylation is 1. The van der Waals surface area contributed by atoms with Crippen molar-refractivity contribution in [2.45, 2.75) is 26.4 Å². The van der Waals surface area contributed by atoms with Crippen molar-refractivity contribution in [1.82, 2.24) is 4.90 Å². The van der Waals surface area contributed by atoms with E-state index < -0.39 is 6.10 Å². The lowest BCUT2D eigenvalue weighted by Gasteiger charge is -2.37. The fourth-order valence-electron chi connectivity index (χ4n) is 3.33. The standard InChI is InChI=1S/C22H28N2O3/c1-4-20(27-21-8-6-5-7-17(21)2)22(25)24-15-13-23(14-16-24)18-9-11-19(26-3)12-10-18/h5-12,20H,4,13-16H2,1-3H3/t20-/m1/s1. The van der Waals surface area contributed by atoms with Gasteiger partial charge in [-0.2, -0.15) is 0 Å². The largest absolute Gasteiger partial charge is 0.497 e. The molecule has 0 aliphatic carbocycles. The number of para-hydroxylation sites is 1. The van der Waals surface area contributed by atoms with Gasteiger partial charge in [0.2, 0.25) is 0 Å². The number of carbonyl (C=O) groups is 1. The summed E-state index contributed by atoms with van der Waals surface area (Å²) in [6, 6.07) is 15.9. The Morgan fingerprint density at radius 2 is 1.70 bits per heavy atom. The number of rotatable bonds is 6. The van der Waals surface area contributed by atoms with E-state index in [4.69, 9.17) is 9.47 Å². The first kappa shape index (κ1) is 19.1. The third kappa shape index (κ3) is 4.54. The second kappa shape index (κ2) is 8.80. The van der Waals surface area contributed by atoms with E-state index in [9.17, 15) is 4.79 Å². The third-order valence-electron chi connectivity index (χ3n) is 5.04. The molecule has 1 saturated heterocycles. The average molecular weight is 368 g/mol. The Hall–Kier alpha value is -2.69. The van der Waals surface area contributed by atoms with Gasteiger partial charge in [-0.3, -0.25) is 4.79 Å². The lowest BCUT2D eigenvalue weighted by atomic mass is 10.2. The van der Waals surface area contributed by atoms with Gasteiger partial charge in [0.1, 0.15) is 11.5 Å². The van der Waals surface area contributed by atoms with E-state index >= 15 is 0 Å². The molecule has 5 nitrogen and oxygen atoms in total. The zero-order valence-corrected chi connectivity index (χ0v) is 16.4. The van der Waals surface area contributed by atoms with Crippen LogP contribution in [0.2, 0.25) is 0 Å². The van der Waals surface area contributed by atoms with Gasteiger partial charge in [-0.15, -0.1) is 0 Å². The van der Waals surface area contributed by atoms with Crippen molar-refractivity contribution in [2.75, 3.05) is 38.2 Å². The highest BCUT2D eigenvalue weighted by Crippen LogP contribution is 2.22. The van der Waals surface area contributed by atoms with Gasteiger partial charge in [0.25, 0.3) is 5.91 Å². The quantitative estimate of drug-likeness (QED) is 0.783. The van der Waals surface area contributed by atoms with Crippen LogP contribution in [0.4, 0.5) is 5.69 Å². The van der Waals surface area contributed by atoms with E-state index in [1.165, 1.54) is 0 Å². The number of amides is 1. The van der Waals surface area contributed by atoms with Crippen LogP contribution in [-0.4, -0.2) is 50.2 Å². The predicted octanol–water partition coefficient (Wildman–Crippen LogP) is 3.51. The molecular weight excluding hydrogens is 340 g/mol. The van der Waals surface area contributed by atoms with E-state index in [1.54, 1.807) is 7.11 Å². The summed E-state index contributed by atoms with van der Waals surface area (Å²) in [4.78, 5) is 17.2. The minimum atomic E-state index is -0.432. The van der Waals surface area contributed by atoms with Crippen molar-refractivity contribution < 1.29 is 14.3 Å². The Morgan fingerprint density at radius 1 is 1.04 bits per heavy atom. The highest BCUT2D eigenvalue weighted by atomic mass is 16.5. The molecule has 5 heteroatoms. The normalized spacial score (nSPS) is 15.4. The molecule has 0 aromatic heterocycles. The molecule has 0 bridgehead atoms. The summed E-state index contributed by atoms with van der Waals surface area (Å²) in [5.41, 5.74) is 2.21. The second-order valence-corrected chi connectivity index (χ2v) is 6.79. The monoisotopic (exact) mass is 368 g/mol. The molecule has 1 aliphatic rings. The van der Waals surface area contributed by atoms with E-state index in [2.05, 4.69) is 17.0 Å². The van der Waals surface area contributed by atoms with Gasteiger partial charge in [-0.1, -0.05) is 25.1 Å². The molecule has 0 N–H and O–H groups in total. The molecule has 27 heavy (non-hydrogen) atoms. The van der Waals surface area contributed by atoms with Crippen LogP contribution < -0.4 is 14.4 Å². The summed E-state index contributed by atoms with van der Waals surface area (Å²) in [7, 11) is 1.67. The molecule has 0 unspecified atom stereocenters. The number of carbonyl (C=O) groups excluding carboxylic acids is 1. The third-order valence-corrected chi connectivity index (χ3v) is 5.04. The second-order valence-electron chi connectivity index (χ2n) is 6.79. The summed E-state index contributed by atoms with van der Waals surface area (Å²) in [5, 5.41) is 0. The maximum atomic E-state index is 12.9. The Bertz CT molecular complexity index is 752. The molecule has 144 valence electrons. The zero-order valence-electron chi connectivity index (χ0n) is 16.4. The molecule has 1 fully saturated rings. The van der Waals surface area contributed by atoms with Crippen molar-refractivity contribution in [1.29, 1.82) is 0 Å². The highest BCUT2D eigenvalue weighted by Gasteiger charge is 2.28. The van der Waals surface area contributed by atoms with Crippen LogP contribution in [-0.2, 0) is 4.79 Å². The number of methoxy groups -OCH3 is 1. The summed E-state index contributed by atoms with van der Waals surface area (Å²) in [5.74, 6) is 1.72. The SMILES string of the molecule is CC[C@@H](Oc1ccccc1C)C(=O)N1CCN(c2ccc(OC)cc2)CC1. The molecule has 0 spiro atoms. The van der Waals surface area contributed by atoms with Crippen molar-refractivity contribution >= 4 is 11.6 Å². The van der Waals surface area contributed by atoms with Crippen LogP contribution in [0.3, 0.4) is 0 Å². The van der Waals surface area contributed by atoms with Crippen molar-refractivity contribution in [2.24, 2.45) is 0 Å². The van der Waals surface area contributed by atoms with E-state index in [-0.39, 0.29) is 5.91 Å². The topological polar surface area (TPSA) is 42.0 Å². The Labute approximate surface area is 161 Å². The molecule has 1 heterocycles. The number of benzene rings is 2. The maximum Gasteiger partial charge on any atom is 0.263 e. The molecule has 2 aromatic rings. The van der Waals surface area contributed by atoms with Gasteiger partial charge in [-0.25, -0.2) is 0 Å². The first-order valence-corrected chi connectivity index (χ1v) is 9.52. The number of anilines is 1. The Kier molecular flexibility index (Phi) is 6.22. The van der Waals surface area contributed by atoms with Gasteiger partial charge in [0.15, 0.2) is 6.10 Å². The zero-order chi connectivity index (χ0) is 19.2. The molecule has 3 rings (SSSR count). The van der Waals surface area contributed by atoms with E-state index in [0.29, 0.717) is 19.5 Å². The van der Waals surface area contributed by atoms with Crippen LogP contribution in [0, 0.1) is 6.92 Å². The first-order chi connectivity index (χ1) is 13.1. The van der Waals surface area contributed by atoms with Gasteiger partial charge in [0.05, 0.1) is 7.11 Å². The van der Waals surface area contributed by atoms with E-state index in [1.807, 2.05) is 55.1 Å². The van der Waals surface area contributed by atoms with Crippen molar-refractivity contribution in [3.63, 3.8) is 0 Å². The molecule has 1 amide bonds. The summed E-state index contributed by atoms with van der Waals surface area (Å²) >= 11 is 0. The van der Waals surface area contributed by atoms with Crippen molar-refractivity contribution in [3.8, 4) is 11.5 Å². The number of ether oxygens (including phenoxy) is 2. The molecule has 2 aromatic carbocycles. The fourth-order valence-corrected chi connectivity index (χ4v) is 3.33.